The molecule has 2 aliphatic rings. The van der Waals surface area contributed by atoms with E-state index < -0.39 is 0 Å². The molecule has 0 spiro atoms. The van der Waals surface area contributed by atoms with Crippen molar-refractivity contribution in [2.24, 2.45) is 4.99 Å². The van der Waals surface area contributed by atoms with E-state index in [9.17, 15) is 0 Å². The van der Waals surface area contributed by atoms with Gasteiger partial charge in [-0.25, -0.2) is 0 Å². The SMILES string of the molecule is CN=C(NCc1c(Cl)cccc1N1CCN(C)CC1)Nc1ccc2c(c1)OCCCO2. The van der Waals surface area contributed by atoms with Crippen molar-refractivity contribution in [2.45, 2.75) is 13.0 Å². The number of halogens is 1. The highest BCUT2D eigenvalue weighted by atomic mass is 35.5. The number of piperazine rings is 1. The van der Waals surface area contributed by atoms with Gasteiger partial charge in [0.05, 0.1) is 13.2 Å². The number of anilines is 2. The van der Waals surface area contributed by atoms with Crippen molar-refractivity contribution in [3.63, 3.8) is 0 Å². The lowest BCUT2D eigenvalue weighted by atomic mass is 10.1. The van der Waals surface area contributed by atoms with Crippen LogP contribution in [0.15, 0.2) is 41.4 Å². The molecular weight excluding hydrogens is 414 g/mol. The van der Waals surface area contributed by atoms with Gasteiger partial charge < -0.3 is 29.9 Å². The van der Waals surface area contributed by atoms with Crippen molar-refractivity contribution in [1.29, 1.82) is 0 Å². The van der Waals surface area contributed by atoms with Crippen LogP contribution in [0.4, 0.5) is 11.4 Å². The predicted octanol–water partition coefficient (Wildman–Crippen LogP) is 3.44. The van der Waals surface area contributed by atoms with Gasteiger partial charge in [-0.15, -0.1) is 0 Å². The van der Waals surface area contributed by atoms with E-state index in [4.69, 9.17) is 21.1 Å². The molecule has 2 aromatic carbocycles. The quantitative estimate of drug-likeness (QED) is 0.557. The van der Waals surface area contributed by atoms with E-state index in [2.05, 4.69) is 38.5 Å². The third-order valence-electron chi connectivity index (χ3n) is 5.60. The lowest BCUT2D eigenvalue weighted by molar-refractivity contribution is 0.297. The van der Waals surface area contributed by atoms with Gasteiger partial charge in [0.1, 0.15) is 0 Å². The maximum absolute atomic E-state index is 6.59. The Morgan fingerprint density at radius 3 is 2.61 bits per heavy atom. The van der Waals surface area contributed by atoms with Crippen molar-refractivity contribution in [3.8, 4) is 11.5 Å². The number of nitrogens with zero attached hydrogens (tertiary/aromatic N) is 3. The maximum Gasteiger partial charge on any atom is 0.195 e. The van der Waals surface area contributed by atoms with Crippen molar-refractivity contribution < 1.29 is 9.47 Å². The molecule has 0 saturated carbocycles. The van der Waals surface area contributed by atoms with Crippen molar-refractivity contribution in [3.05, 3.63) is 47.0 Å². The second-order valence-electron chi connectivity index (χ2n) is 7.79. The summed E-state index contributed by atoms with van der Waals surface area (Å²) in [5.41, 5.74) is 3.14. The lowest BCUT2D eigenvalue weighted by Crippen LogP contribution is -2.45. The number of likely N-dealkylation sites (N-methyl/N-ethyl adjacent to an activating group) is 1. The second-order valence-corrected chi connectivity index (χ2v) is 8.20. The van der Waals surface area contributed by atoms with E-state index in [-0.39, 0.29) is 0 Å². The van der Waals surface area contributed by atoms with Crippen LogP contribution in [0.25, 0.3) is 0 Å². The predicted molar refractivity (Wildman–Crippen MR) is 127 cm³/mol. The highest BCUT2D eigenvalue weighted by Gasteiger charge is 2.19. The maximum atomic E-state index is 6.59. The van der Waals surface area contributed by atoms with Gasteiger partial charge in [-0.3, -0.25) is 4.99 Å². The first-order valence-corrected chi connectivity index (χ1v) is 11.1. The molecule has 1 saturated heterocycles. The monoisotopic (exact) mass is 443 g/mol. The Hall–Kier alpha value is -2.64. The molecule has 0 aliphatic carbocycles. The zero-order valence-electron chi connectivity index (χ0n) is 18.2. The smallest absolute Gasteiger partial charge is 0.195 e. The van der Waals surface area contributed by atoms with Gasteiger partial charge in [0.15, 0.2) is 17.5 Å². The number of fused-ring (bicyclic) bond motifs is 1. The number of guanidine groups is 1. The molecule has 166 valence electrons. The van der Waals surface area contributed by atoms with Crippen LogP contribution in [0.2, 0.25) is 5.02 Å². The van der Waals surface area contributed by atoms with E-state index in [1.165, 1.54) is 5.69 Å². The fourth-order valence-electron chi connectivity index (χ4n) is 3.79. The topological polar surface area (TPSA) is 61.4 Å². The van der Waals surface area contributed by atoms with Gasteiger partial charge in [-0.05, 0) is 31.3 Å². The number of hydrogen-bond acceptors (Lipinski definition) is 5. The first kappa shape index (κ1) is 21.6. The van der Waals surface area contributed by atoms with Crippen molar-refractivity contribution in [1.82, 2.24) is 10.2 Å². The Morgan fingerprint density at radius 2 is 1.84 bits per heavy atom. The number of aliphatic imine (C=N–C) groups is 1. The average molecular weight is 444 g/mol. The number of benzene rings is 2. The summed E-state index contributed by atoms with van der Waals surface area (Å²) in [6.45, 7) is 5.99. The minimum absolute atomic E-state index is 0.575. The standard InChI is InChI=1S/C23H30ClN5O2/c1-25-23(27-17-7-8-21-22(15-17)31-14-4-13-30-21)26-16-18-19(24)5-3-6-20(18)29-11-9-28(2)10-12-29/h3,5-8,15H,4,9-14,16H2,1-2H3,(H2,25,26,27). The van der Waals surface area contributed by atoms with Gasteiger partial charge in [0.2, 0.25) is 0 Å². The summed E-state index contributed by atoms with van der Waals surface area (Å²) in [6.07, 6.45) is 0.883. The average Bonchev–Trinajstić information content (AvgIpc) is 3.03. The van der Waals surface area contributed by atoms with Crippen LogP contribution < -0.4 is 25.0 Å². The zero-order valence-corrected chi connectivity index (χ0v) is 18.9. The van der Waals surface area contributed by atoms with Crippen molar-refractivity contribution >= 4 is 28.9 Å². The van der Waals surface area contributed by atoms with E-state index in [1.54, 1.807) is 7.05 Å². The van der Waals surface area contributed by atoms with E-state index in [0.717, 1.165) is 60.4 Å². The summed E-state index contributed by atoms with van der Waals surface area (Å²) >= 11 is 6.59. The number of nitrogens with one attached hydrogen (secondary N) is 2. The Bertz CT molecular complexity index is 928. The molecule has 2 N–H and O–H groups in total. The summed E-state index contributed by atoms with van der Waals surface area (Å²) in [5.74, 6) is 2.19. The Morgan fingerprint density at radius 1 is 1.06 bits per heavy atom. The molecule has 1 fully saturated rings. The molecule has 0 atom stereocenters. The Balaban J connectivity index is 1.44. The fourth-order valence-corrected chi connectivity index (χ4v) is 4.03. The molecule has 31 heavy (non-hydrogen) atoms. The van der Waals surface area contributed by atoms with Crippen LogP contribution >= 0.6 is 11.6 Å². The Labute approximate surface area is 189 Å². The molecule has 2 heterocycles. The summed E-state index contributed by atoms with van der Waals surface area (Å²) in [5, 5.41) is 7.49. The number of hydrogen-bond donors (Lipinski definition) is 2. The van der Waals surface area contributed by atoms with Gasteiger partial charge in [0.25, 0.3) is 0 Å². The van der Waals surface area contributed by atoms with Gasteiger partial charge in [0, 0.05) is 74.2 Å². The van der Waals surface area contributed by atoms with E-state index in [1.807, 2.05) is 30.3 Å². The molecule has 2 aliphatic heterocycles. The van der Waals surface area contributed by atoms with Crippen LogP contribution in [0.3, 0.4) is 0 Å². The molecule has 7 nitrogen and oxygen atoms in total. The molecule has 0 amide bonds. The summed E-state index contributed by atoms with van der Waals surface area (Å²) in [7, 11) is 3.92. The largest absolute Gasteiger partial charge is 0.490 e. The third-order valence-corrected chi connectivity index (χ3v) is 5.96. The molecule has 2 aromatic rings. The van der Waals surface area contributed by atoms with Crippen LogP contribution in [-0.4, -0.2) is 64.3 Å². The molecular formula is C23H30ClN5O2. The summed E-state index contributed by atoms with van der Waals surface area (Å²) < 4.78 is 11.5. The third kappa shape index (κ3) is 5.35. The van der Waals surface area contributed by atoms with Crippen LogP contribution in [0, 0.1) is 0 Å². The number of rotatable bonds is 4. The highest BCUT2D eigenvalue weighted by Crippen LogP contribution is 2.32. The van der Waals surface area contributed by atoms with E-state index in [0.29, 0.717) is 25.7 Å². The molecule has 0 bridgehead atoms. The van der Waals surface area contributed by atoms with Crippen LogP contribution in [0.1, 0.15) is 12.0 Å². The highest BCUT2D eigenvalue weighted by molar-refractivity contribution is 6.31. The van der Waals surface area contributed by atoms with Gasteiger partial charge in [-0.1, -0.05) is 17.7 Å². The normalized spacial score (nSPS) is 17.3. The van der Waals surface area contributed by atoms with E-state index >= 15 is 0 Å². The summed E-state index contributed by atoms with van der Waals surface area (Å²) in [6, 6.07) is 11.9. The van der Waals surface area contributed by atoms with Gasteiger partial charge >= 0.3 is 0 Å². The lowest BCUT2D eigenvalue weighted by Gasteiger charge is -2.35. The molecule has 0 aromatic heterocycles. The first-order chi connectivity index (χ1) is 15.1. The first-order valence-electron chi connectivity index (χ1n) is 10.7. The van der Waals surface area contributed by atoms with Gasteiger partial charge in [-0.2, -0.15) is 0 Å². The zero-order chi connectivity index (χ0) is 21.6. The molecule has 0 unspecified atom stereocenters. The molecule has 8 heteroatoms. The second kappa shape index (κ2) is 10.1. The molecule has 0 radical (unpaired) electrons. The van der Waals surface area contributed by atoms with Crippen LogP contribution in [0.5, 0.6) is 11.5 Å². The fraction of sp³-hybridized carbons (Fsp3) is 0.435. The van der Waals surface area contributed by atoms with Crippen LogP contribution in [-0.2, 0) is 6.54 Å². The summed E-state index contributed by atoms with van der Waals surface area (Å²) in [4.78, 5) is 9.12. The molecule has 4 rings (SSSR count). The minimum atomic E-state index is 0.575. The minimum Gasteiger partial charge on any atom is -0.490 e. The van der Waals surface area contributed by atoms with Crippen molar-refractivity contribution in [2.75, 3.05) is 63.7 Å². The number of ether oxygens (including phenoxy) is 2. The Kier molecular flexibility index (Phi) is 7.04.